The van der Waals surface area contributed by atoms with Gasteiger partial charge in [-0.25, -0.2) is 12.7 Å². The summed E-state index contributed by atoms with van der Waals surface area (Å²) in [6.45, 7) is 5.02. The lowest BCUT2D eigenvalue weighted by Gasteiger charge is -2.16. The maximum Gasteiger partial charge on any atom is 0.224 e. The topological polar surface area (TPSA) is 78.5 Å². The highest BCUT2D eigenvalue weighted by molar-refractivity contribution is 7.89. The van der Waals surface area contributed by atoms with E-state index in [4.69, 9.17) is 0 Å². The number of carbonyl (C=O) groups excluding carboxylic acids is 1. The Balaban J connectivity index is 3.84. The van der Waals surface area contributed by atoms with Crippen LogP contribution < -0.4 is 10.6 Å². The molecule has 0 saturated heterocycles. The molecule has 6 nitrogen and oxygen atoms in total. The highest BCUT2D eigenvalue weighted by Crippen LogP contribution is 1.98. The third-order valence-electron chi connectivity index (χ3n) is 2.75. The molecule has 0 heterocycles. The molecule has 2 N–H and O–H groups in total. The Hall–Kier alpha value is -0.660. The van der Waals surface area contributed by atoms with E-state index in [9.17, 15) is 13.2 Å². The van der Waals surface area contributed by atoms with Crippen LogP contribution in [-0.2, 0) is 14.8 Å². The Bertz CT molecular complexity index is 343. The number of hydrogen-bond acceptors (Lipinski definition) is 4. The van der Waals surface area contributed by atoms with Crippen molar-refractivity contribution >= 4 is 15.9 Å². The van der Waals surface area contributed by atoms with Crippen molar-refractivity contribution in [1.82, 2.24) is 14.9 Å². The summed E-state index contributed by atoms with van der Waals surface area (Å²) < 4.78 is 24.2. The van der Waals surface area contributed by atoms with Gasteiger partial charge >= 0.3 is 0 Å². The van der Waals surface area contributed by atoms with Crippen LogP contribution in [0.1, 0.15) is 20.3 Å². The Morgan fingerprint density at radius 2 is 2.00 bits per heavy atom. The second-order valence-corrected chi connectivity index (χ2v) is 6.69. The predicted molar refractivity (Wildman–Crippen MR) is 72.8 cm³/mol. The second kappa shape index (κ2) is 8.44. The first-order chi connectivity index (χ1) is 8.35. The highest BCUT2D eigenvalue weighted by atomic mass is 32.2. The lowest BCUT2D eigenvalue weighted by atomic mass is 10.1. The molecular weight excluding hydrogens is 254 g/mol. The Morgan fingerprint density at radius 1 is 1.39 bits per heavy atom. The molecule has 0 spiro atoms. The van der Waals surface area contributed by atoms with Gasteiger partial charge in [-0.1, -0.05) is 6.92 Å². The molecule has 1 atom stereocenters. The van der Waals surface area contributed by atoms with Gasteiger partial charge in [0, 0.05) is 32.6 Å². The van der Waals surface area contributed by atoms with Crippen molar-refractivity contribution in [3.63, 3.8) is 0 Å². The van der Waals surface area contributed by atoms with Crippen molar-refractivity contribution < 1.29 is 13.2 Å². The third kappa shape index (κ3) is 6.32. The van der Waals surface area contributed by atoms with Crippen molar-refractivity contribution in [2.24, 2.45) is 5.92 Å². The van der Waals surface area contributed by atoms with E-state index in [-0.39, 0.29) is 17.6 Å². The first kappa shape index (κ1) is 17.3. The van der Waals surface area contributed by atoms with E-state index >= 15 is 0 Å². The zero-order valence-corrected chi connectivity index (χ0v) is 12.5. The van der Waals surface area contributed by atoms with Crippen LogP contribution in [0.5, 0.6) is 0 Å². The maximum absolute atomic E-state index is 11.5. The summed E-state index contributed by atoms with van der Waals surface area (Å²) in [6, 6.07) is 0. The van der Waals surface area contributed by atoms with Crippen molar-refractivity contribution in [2.75, 3.05) is 39.5 Å². The molecule has 0 aliphatic rings. The van der Waals surface area contributed by atoms with Crippen LogP contribution in [0, 0.1) is 5.92 Å². The second-order valence-electron chi connectivity index (χ2n) is 4.33. The van der Waals surface area contributed by atoms with Gasteiger partial charge in [-0.15, -0.1) is 0 Å². The van der Waals surface area contributed by atoms with Gasteiger partial charge in [0.1, 0.15) is 0 Å². The minimum Gasteiger partial charge on any atom is -0.356 e. The number of rotatable bonds is 9. The fourth-order valence-electron chi connectivity index (χ4n) is 1.45. The number of carbonyl (C=O) groups is 1. The quantitative estimate of drug-likeness (QED) is 0.565. The Morgan fingerprint density at radius 3 is 2.50 bits per heavy atom. The normalized spacial score (nSPS) is 13.6. The molecule has 0 aliphatic heterocycles. The SMILES string of the molecule is CCS(=O)(=O)N(C)CCCNC(=O)C(C)CNC. The van der Waals surface area contributed by atoms with Gasteiger partial charge in [0.15, 0.2) is 0 Å². The summed E-state index contributed by atoms with van der Waals surface area (Å²) in [6.07, 6.45) is 0.619. The van der Waals surface area contributed by atoms with E-state index in [1.54, 1.807) is 21.0 Å². The summed E-state index contributed by atoms with van der Waals surface area (Å²) in [5.41, 5.74) is 0. The summed E-state index contributed by atoms with van der Waals surface area (Å²) in [5, 5.41) is 5.73. The van der Waals surface area contributed by atoms with Gasteiger partial charge in [-0.05, 0) is 20.4 Å². The van der Waals surface area contributed by atoms with Crippen LogP contribution in [0.2, 0.25) is 0 Å². The fraction of sp³-hybridized carbons (Fsp3) is 0.909. The van der Waals surface area contributed by atoms with Gasteiger partial charge in [-0.3, -0.25) is 4.79 Å². The van der Waals surface area contributed by atoms with Crippen LogP contribution >= 0.6 is 0 Å². The van der Waals surface area contributed by atoms with Crippen LogP contribution in [-0.4, -0.2) is 58.1 Å². The van der Waals surface area contributed by atoms with Crippen molar-refractivity contribution in [3.8, 4) is 0 Å². The molecule has 108 valence electrons. The zero-order valence-electron chi connectivity index (χ0n) is 11.7. The molecule has 7 heteroatoms. The fourth-order valence-corrected chi connectivity index (χ4v) is 2.29. The lowest BCUT2D eigenvalue weighted by Crippen LogP contribution is -2.36. The highest BCUT2D eigenvalue weighted by Gasteiger charge is 2.15. The van der Waals surface area contributed by atoms with E-state index in [0.717, 1.165) is 0 Å². The number of nitrogens with one attached hydrogen (secondary N) is 2. The molecule has 18 heavy (non-hydrogen) atoms. The minimum atomic E-state index is -3.11. The Labute approximate surface area is 110 Å². The molecule has 0 rings (SSSR count). The number of sulfonamides is 1. The zero-order chi connectivity index (χ0) is 14.2. The summed E-state index contributed by atoms with van der Waals surface area (Å²) in [7, 11) is 0.247. The van der Waals surface area contributed by atoms with E-state index in [0.29, 0.717) is 26.1 Å². The average molecular weight is 279 g/mol. The summed E-state index contributed by atoms with van der Waals surface area (Å²) >= 11 is 0. The van der Waals surface area contributed by atoms with Crippen molar-refractivity contribution in [2.45, 2.75) is 20.3 Å². The van der Waals surface area contributed by atoms with Crippen LogP contribution in [0.4, 0.5) is 0 Å². The lowest BCUT2D eigenvalue weighted by molar-refractivity contribution is -0.124. The largest absolute Gasteiger partial charge is 0.356 e. The molecule has 0 aliphatic carbocycles. The monoisotopic (exact) mass is 279 g/mol. The molecular formula is C11H25N3O3S. The standard InChI is InChI=1S/C11H25N3O3S/c1-5-18(16,17)14(4)8-6-7-13-11(15)10(2)9-12-3/h10,12H,5-9H2,1-4H3,(H,13,15). The minimum absolute atomic E-state index is 0.00893. The molecule has 0 aromatic carbocycles. The molecule has 0 bridgehead atoms. The maximum atomic E-state index is 11.5. The molecule has 1 amide bonds. The molecule has 0 aromatic rings. The summed E-state index contributed by atoms with van der Waals surface area (Å²) in [4.78, 5) is 11.5. The van der Waals surface area contributed by atoms with Crippen LogP contribution in [0.25, 0.3) is 0 Å². The molecule has 0 aromatic heterocycles. The first-order valence-electron chi connectivity index (χ1n) is 6.21. The molecule has 0 saturated carbocycles. The third-order valence-corrected chi connectivity index (χ3v) is 4.61. The van der Waals surface area contributed by atoms with E-state index in [1.807, 2.05) is 6.92 Å². The molecule has 1 unspecified atom stereocenters. The first-order valence-corrected chi connectivity index (χ1v) is 7.82. The Kier molecular flexibility index (Phi) is 8.13. The van der Waals surface area contributed by atoms with E-state index < -0.39 is 10.0 Å². The number of hydrogen-bond donors (Lipinski definition) is 2. The smallest absolute Gasteiger partial charge is 0.224 e. The van der Waals surface area contributed by atoms with Gasteiger partial charge in [-0.2, -0.15) is 0 Å². The number of nitrogens with zero attached hydrogens (tertiary/aromatic N) is 1. The van der Waals surface area contributed by atoms with Gasteiger partial charge in [0.05, 0.1) is 5.75 Å². The van der Waals surface area contributed by atoms with Crippen molar-refractivity contribution in [1.29, 1.82) is 0 Å². The van der Waals surface area contributed by atoms with E-state index in [2.05, 4.69) is 10.6 Å². The molecule has 0 radical (unpaired) electrons. The van der Waals surface area contributed by atoms with Gasteiger partial charge < -0.3 is 10.6 Å². The van der Waals surface area contributed by atoms with Crippen molar-refractivity contribution in [3.05, 3.63) is 0 Å². The number of amides is 1. The predicted octanol–water partition coefficient (Wildman–Crippen LogP) is -0.370. The summed E-state index contributed by atoms with van der Waals surface area (Å²) in [5.74, 6) is 0.0205. The average Bonchev–Trinajstić information content (AvgIpc) is 2.34. The van der Waals surface area contributed by atoms with Gasteiger partial charge in [0.25, 0.3) is 0 Å². The van der Waals surface area contributed by atoms with E-state index in [1.165, 1.54) is 4.31 Å². The van der Waals surface area contributed by atoms with Crippen LogP contribution in [0.3, 0.4) is 0 Å². The van der Waals surface area contributed by atoms with Crippen LogP contribution in [0.15, 0.2) is 0 Å². The van der Waals surface area contributed by atoms with Gasteiger partial charge in [0.2, 0.25) is 15.9 Å². The molecule has 0 fully saturated rings.